The van der Waals surface area contributed by atoms with Crippen molar-refractivity contribution in [1.82, 2.24) is 10.2 Å². The van der Waals surface area contributed by atoms with Gasteiger partial charge in [-0.2, -0.15) is 0 Å². The van der Waals surface area contributed by atoms with Crippen LogP contribution < -0.4 is 5.32 Å². The van der Waals surface area contributed by atoms with Crippen molar-refractivity contribution in [2.24, 2.45) is 0 Å². The fraction of sp³-hybridized carbons (Fsp3) is 0.211. The molecule has 4 nitrogen and oxygen atoms in total. The van der Waals surface area contributed by atoms with Gasteiger partial charge in [-0.15, -0.1) is 10.2 Å². The molecule has 6 heteroatoms. The Bertz CT molecular complexity index is 851. The van der Waals surface area contributed by atoms with E-state index in [0.717, 1.165) is 5.56 Å². The van der Waals surface area contributed by atoms with E-state index in [2.05, 4.69) is 15.5 Å². The van der Waals surface area contributed by atoms with Crippen molar-refractivity contribution < 1.29 is 9.18 Å². The van der Waals surface area contributed by atoms with E-state index in [4.69, 9.17) is 0 Å². The predicted octanol–water partition coefficient (Wildman–Crippen LogP) is 4.40. The zero-order chi connectivity index (χ0) is 17.6. The molecule has 128 valence electrons. The van der Waals surface area contributed by atoms with Crippen molar-refractivity contribution in [3.63, 3.8) is 0 Å². The van der Waals surface area contributed by atoms with Crippen molar-refractivity contribution in [3.8, 4) is 0 Å². The minimum Gasteiger partial charge on any atom is -0.300 e. The predicted molar refractivity (Wildman–Crippen MR) is 97.2 cm³/mol. The van der Waals surface area contributed by atoms with Crippen LogP contribution in [0.25, 0.3) is 0 Å². The number of hydrogen-bond donors (Lipinski definition) is 1. The molecule has 1 aromatic heterocycles. The maximum absolute atomic E-state index is 13.7. The normalized spacial score (nSPS) is 11.9. The number of aromatic nitrogens is 2. The first kappa shape index (κ1) is 17.2. The standard InChI is InChI=1S/C19H18FN3OS/c1-2-15(13-8-4-3-5-9-13)18(24)21-19-23-22-17(25-19)12-14-10-6-7-11-16(14)20/h3-11,15H,2,12H2,1H3,(H,21,23,24). The Morgan fingerprint density at radius 3 is 2.56 bits per heavy atom. The third kappa shape index (κ3) is 4.28. The molecule has 0 fully saturated rings. The quantitative estimate of drug-likeness (QED) is 0.713. The van der Waals surface area contributed by atoms with E-state index in [1.54, 1.807) is 18.2 Å². The van der Waals surface area contributed by atoms with Crippen molar-refractivity contribution >= 4 is 22.4 Å². The molecule has 0 saturated carbocycles. The smallest absolute Gasteiger partial charge is 0.233 e. The molecule has 0 radical (unpaired) electrons. The molecule has 0 saturated heterocycles. The van der Waals surface area contributed by atoms with Gasteiger partial charge in [0.1, 0.15) is 10.8 Å². The molecular formula is C19H18FN3OS. The summed E-state index contributed by atoms with van der Waals surface area (Å²) in [6, 6.07) is 16.2. The summed E-state index contributed by atoms with van der Waals surface area (Å²) in [5.41, 5.74) is 1.53. The minimum atomic E-state index is -0.265. The zero-order valence-corrected chi connectivity index (χ0v) is 14.6. The number of amides is 1. The van der Waals surface area contributed by atoms with Crippen LogP contribution in [0.2, 0.25) is 0 Å². The van der Waals surface area contributed by atoms with E-state index in [1.165, 1.54) is 17.4 Å². The molecule has 1 atom stereocenters. The van der Waals surface area contributed by atoms with Gasteiger partial charge in [-0.3, -0.25) is 10.1 Å². The van der Waals surface area contributed by atoms with Gasteiger partial charge in [-0.05, 0) is 23.6 Å². The lowest BCUT2D eigenvalue weighted by atomic mass is 9.96. The minimum absolute atomic E-state index is 0.109. The summed E-state index contributed by atoms with van der Waals surface area (Å²) in [6.45, 7) is 1.97. The molecule has 0 bridgehead atoms. The van der Waals surface area contributed by atoms with E-state index >= 15 is 0 Å². The van der Waals surface area contributed by atoms with Crippen LogP contribution in [0.15, 0.2) is 54.6 Å². The highest BCUT2D eigenvalue weighted by Crippen LogP contribution is 2.24. The van der Waals surface area contributed by atoms with Gasteiger partial charge in [0.25, 0.3) is 0 Å². The number of rotatable bonds is 6. The fourth-order valence-corrected chi connectivity index (χ4v) is 3.40. The number of benzene rings is 2. The molecule has 0 aliphatic rings. The Balaban J connectivity index is 1.68. The average molecular weight is 355 g/mol. The first-order valence-corrected chi connectivity index (χ1v) is 8.90. The summed E-state index contributed by atoms with van der Waals surface area (Å²) in [5.74, 6) is -0.610. The van der Waals surface area contributed by atoms with E-state index in [9.17, 15) is 9.18 Å². The molecule has 1 amide bonds. The lowest BCUT2D eigenvalue weighted by Crippen LogP contribution is -2.20. The molecule has 3 aromatic rings. The molecular weight excluding hydrogens is 337 g/mol. The summed E-state index contributed by atoms with van der Waals surface area (Å²) >= 11 is 1.27. The third-order valence-electron chi connectivity index (χ3n) is 3.92. The van der Waals surface area contributed by atoms with Gasteiger partial charge in [0.2, 0.25) is 11.0 Å². The largest absolute Gasteiger partial charge is 0.300 e. The Kier molecular flexibility index (Phi) is 5.50. The molecule has 1 N–H and O–H groups in total. The van der Waals surface area contributed by atoms with Crippen molar-refractivity contribution in [2.75, 3.05) is 5.32 Å². The molecule has 25 heavy (non-hydrogen) atoms. The SMILES string of the molecule is CCC(C(=O)Nc1nnc(Cc2ccccc2F)s1)c1ccccc1. The Labute approximate surface area is 149 Å². The van der Waals surface area contributed by atoms with E-state index in [1.807, 2.05) is 37.3 Å². The van der Waals surface area contributed by atoms with Crippen molar-refractivity contribution in [1.29, 1.82) is 0 Å². The Hall–Kier alpha value is -2.60. The topological polar surface area (TPSA) is 54.9 Å². The van der Waals surface area contributed by atoms with Gasteiger partial charge >= 0.3 is 0 Å². The van der Waals surface area contributed by atoms with Gasteiger partial charge in [-0.25, -0.2) is 4.39 Å². The molecule has 0 aliphatic heterocycles. The van der Waals surface area contributed by atoms with E-state index < -0.39 is 0 Å². The molecule has 3 rings (SSSR count). The first-order valence-electron chi connectivity index (χ1n) is 8.09. The lowest BCUT2D eigenvalue weighted by molar-refractivity contribution is -0.117. The number of halogens is 1. The number of carbonyl (C=O) groups excluding carboxylic acids is 1. The summed E-state index contributed by atoms with van der Waals surface area (Å²) in [4.78, 5) is 12.5. The van der Waals surface area contributed by atoms with Crippen LogP contribution in [0.1, 0.15) is 35.4 Å². The number of hydrogen-bond acceptors (Lipinski definition) is 4. The van der Waals surface area contributed by atoms with Crippen LogP contribution in [0.3, 0.4) is 0 Å². The van der Waals surface area contributed by atoms with Crippen molar-refractivity contribution in [3.05, 3.63) is 76.5 Å². The summed E-state index contributed by atoms with van der Waals surface area (Å²) in [5, 5.41) is 12.0. The Morgan fingerprint density at radius 2 is 1.84 bits per heavy atom. The van der Waals surface area contributed by atoms with Crippen LogP contribution in [-0.4, -0.2) is 16.1 Å². The molecule has 0 aliphatic carbocycles. The number of nitrogens with one attached hydrogen (secondary N) is 1. The first-order chi connectivity index (χ1) is 12.2. The summed E-state index contributed by atoms with van der Waals surface area (Å²) in [7, 11) is 0. The molecule has 0 spiro atoms. The van der Waals surface area contributed by atoms with Gasteiger partial charge in [0.15, 0.2) is 0 Å². The highest BCUT2D eigenvalue weighted by atomic mass is 32.1. The van der Waals surface area contributed by atoms with Crippen LogP contribution in [0, 0.1) is 5.82 Å². The maximum Gasteiger partial charge on any atom is 0.233 e. The van der Waals surface area contributed by atoms with Crippen LogP contribution in [0.5, 0.6) is 0 Å². The van der Waals surface area contributed by atoms with E-state index in [0.29, 0.717) is 28.5 Å². The van der Waals surface area contributed by atoms with Gasteiger partial charge in [-0.1, -0.05) is 66.8 Å². The van der Waals surface area contributed by atoms with Crippen LogP contribution in [0.4, 0.5) is 9.52 Å². The summed E-state index contributed by atoms with van der Waals surface area (Å²) in [6.07, 6.45) is 1.05. The van der Waals surface area contributed by atoms with Gasteiger partial charge in [0, 0.05) is 6.42 Å². The monoisotopic (exact) mass is 355 g/mol. The lowest BCUT2D eigenvalue weighted by Gasteiger charge is -2.13. The highest BCUT2D eigenvalue weighted by molar-refractivity contribution is 7.15. The zero-order valence-electron chi connectivity index (χ0n) is 13.8. The summed E-state index contributed by atoms with van der Waals surface area (Å²) < 4.78 is 13.7. The van der Waals surface area contributed by atoms with E-state index in [-0.39, 0.29) is 17.6 Å². The molecule has 1 heterocycles. The second-order valence-electron chi connectivity index (χ2n) is 5.63. The van der Waals surface area contributed by atoms with Gasteiger partial charge < -0.3 is 0 Å². The highest BCUT2D eigenvalue weighted by Gasteiger charge is 2.20. The number of nitrogens with zero attached hydrogens (tertiary/aromatic N) is 2. The average Bonchev–Trinajstić information content (AvgIpc) is 3.05. The number of anilines is 1. The Morgan fingerprint density at radius 1 is 1.12 bits per heavy atom. The van der Waals surface area contributed by atoms with Gasteiger partial charge in [0.05, 0.1) is 5.92 Å². The molecule has 2 aromatic carbocycles. The fourth-order valence-electron chi connectivity index (χ4n) is 2.63. The van der Waals surface area contributed by atoms with Crippen LogP contribution in [-0.2, 0) is 11.2 Å². The maximum atomic E-state index is 13.7. The second kappa shape index (κ2) is 7.98. The van der Waals surface area contributed by atoms with Crippen LogP contribution >= 0.6 is 11.3 Å². The second-order valence-corrected chi connectivity index (χ2v) is 6.69. The third-order valence-corrected chi connectivity index (χ3v) is 4.76. The molecule has 1 unspecified atom stereocenters. The van der Waals surface area contributed by atoms with Crippen molar-refractivity contribution in [2.45, 2.75) is 25.7 Å². The number of carbonyl (C=O) groups is 1.